The summed E-state index contributed by atoms with van der Waals surface area (Å²) >= 11 is 0. The Kier molecular flexibility index (Phi) is 6.83. The Bertz CT molecular complexity index is 1180. The van der Waals surface area contributed by atoms with E-state index in [1.807, 2.05) is 13.8 Å². The first-order chi connectivity index (χ1) is 18.5. The molecular formula is C34H50O6. The average Bonchev–Trinajstić information content (AvgIpc) is 3.07. The number of hydrogen-bond donors (Lipinski definition) is 0. The second kappa shape index (κ2) is 9.26. The third-order valence-electron chi connectivity index (χ3n) is 13.3. The van der Waals surface area contributed by atoms with Crippen LogP contribution in [0.4, 0.5) is 0 Å². The van der Waals surface area contributed by atoms with Crippen molar-refractivity contribution in [2.24, 2.45) is 50.7 Å². The molecule has 0 bridgehead atoms. The predicted octanol–water partition coefficient (Wildman–Crippen LogP) is 6.64. The molecule has 0 aromatic rings. The molecule has 5 aliphatic rings. The van der Waals surface area contributed by atoms with Gasteiger partial charge >= 0.3 is 11.9 Å². The zero-order valence-electron chi connectivity index (χ0n) is 26.2. The molecule has 222 valence electrons. The molecule has 4 saturated carbocycles. The number of esters is 2. The van der Waals surface area contributed by atoms with E-state index in [-0.39, 0.29) is 63.7 Å². The quantitative estimate of drug-likeness (QED) is 0.286. The van der Waals surface area contributed by atoms with Gasteiger partial charge in [0.2, 0.25) is 11.6 Å². The highest BCUT2D eigenvalue weighted by Gasteiger charge is 2.71. The van der Waals surface area contributed by atoms with Gasteiger partial charge < -0.3 is 9.47 Å². The van der Waals surface area contributed by atoms with E-state index in [0.29, 0.717) is 23.8 Å². The summed E-state index contributed by atoms with van der Waals surface area (Å²) in [5.41, 5.74) is 0.715. The lowest BCUT2D eigenvalue weighted by atomic mass is 9.33. The lowest BCUT2D eigenvalue weighted by molar-refractivity contribution is -0.233. The maximum atomic E-state index is 13.7. The predicted molar refractivity (Wildman–Crippen MR) is 152 cm³/mol. The molecule has 0 N–H and O–H groups in total. The van der Waals surface area contributed by atoms with Crippen LogP contribution in [0.25, 0.3) is 0 Å². The Balaban J connectivity index is 1.57. The topological polar surface area (TPSA) is 86.7 Å². The highest BCUT2D eigenvalue weighted by atomic mass is 16.5. The fourth-order valence-electron chi connectivity index (χ4n) is 11.3. The van der Waals surface area contributed by atoms with Crippen LogP contribution in [0.5, 0.6) is 0 Å². The molecule has 6 nitrogen and oxygen atoms in total. The summed E-state index contributed by atoms with van der Waals surface area (Å²) in [6.45, 7) is 19.0. The fraction of sp³-hybridized carbons (Fsp3) is 0.824. The van der Waals surface area contributed by atoms with Crippen molar-refractivity contribution in [1.29, 1.82) is 0 Å². The number of fused-ring (bicyclic) bond motifs is 7. The van der Waals surface area contributed by atoms with E-state index in [1.165, 1.54) is 13.8 Å². The molecule has 0 aromatic carbocycles. The van der Waals surface area contributed by atoms with Crippen LogP contribution in [0, 0.1) is 50.7 Å². The van der Waals surface area contributed by atoms with E-state index in [1.54, 1.807) is 0 Å². The number of carbonyl (C=O) groups is 4. The van der Waals surface area contributed by atoms with Crippen molar-refractivity contribution >= 4 is 23.5 Å². The van der Waals surface area contributed by atoms with Crippen LogP contribution < -0.4 is 0 Å². The molecule has 0 radical (unpaired) electrons. The maximum Gasteiger partial charge on any atom is 0.302 e. The van der Waals surface area contributed by atoms with E-state index >= 15 is 0 Å². The first-order valence-electron chi connectivity index (χ1n) is 15.6. The second-order valence-electron chi connectivity index (χ2n) is 15.6. The Morgan fingerprint density at radius 3 is 2.10 bits per heavy atom. The summed E-state index contributed by atoms with van der Waals surface area (Å²) in [5, 5.41) is 0. The lowest BCUT2D eigenvalue weighted by Gasteiger charge is -2.72. The maximum absolute atomic E-state index is 13.7. The van der Waals surface area contributed by atoms with Crippen LogP contribution in [0.1, 0.15) is 114 Å². The van der Waals surface area contributed by atoms with Gasteiger partial charge in [0.25, 0.3) is 0 Å². The summed E-state index contributed by atoms with van der Waals surface area (Å²) in [6.07, 6.45) is 7.47. The van der Waals surface area contributed by atoms with Gasteiger partial charge in [-0.15, -0.1) is 0 Å². The molecule has 0 amide bonds. The van der Waals surface area contributed by atoms with Gasteiger partial charge in [-0.1, -0.05) is 48.5 Å². The molecule has 40 heavy (non-hydrogen) atoms. The van der Waals surface area contributed by atoms with E-state index in [9.17, 15) is 19.2 Å². The van der Waals surface area contributed by atoms with Gasteiger partial charge in [-0.25, -0.2) is 0 Å². The third-order valence-corrected chi connectivity index (χ3v) is 13.3. The lowest BCUT2D eigenvalue weighted by Crippen LogP contribution is -2.66. The van der Waals surface area contributed by atoms with Gasteiger partial charge in [-0.2, -0.15) is 0 Å². The van der Waals surface area contributed by atoms with Crippen molar-refractivity contribution in [3.63, 3.8) is 0 Å². The fourth-order valence-corrected chi connectivity index (χ4v) is 11.3. The van der Waals surface area contributed by atoms with Gasteiger partial charge in [0.15, 0.2) is 0 Å². The molecule has 4 fully saturated rings. The van der Waals surface area contributed by atoms with E-state index in [2.05, 4.69) is 34.6 Å². The molecule has 0 aromatic heterocycles. The van der Waals surface area contributed by atoms with Crippen molar-refractivity contribution in [2.45, 2.75) is 120 Å². The van der Waals surface area contributed by atoms with Crippen LogP contribution >= 0.6 is 0 Å². The van der Waals surface area contributed by atoms with Crippen LogP contribution in [0.15, 0.2) is 11.1 Å². The summed E-state index contributed by atoms with van der Waals surface area (Å²) in [6, 6.07) is 0. The molecule has 3 unspecified atom stereocenters. The Hall–Kier alpha value is -1.98. The zero-order chi connectivity index (χ0) is 29.6. The van der Waals surface area contributed by atoms with Crippen LogP contribution in [-0.2, 0) is 28.7 Å². The van der Waals surface area contributed by atoms with Gasteiger partial charge in [0.1, 0.15) is 12.7 Å². The number of ketones is 2. The van der Waals surface area contributed by atoms with E-state index in [0.717, 1.165) is 50.5 Å². The van der Waals surface area contributed by atoms with Crippen molar-refractivity contribution in [3.8, 4) is 0 Å². The van der Waals surface area contributed by atoms with Crippen molar-refractivity contribution in [2.75, 3.05) is 6.61 Å². The third kappa shape index (κ3) is 3.72. The largest absolute Gasteiger partial charge is 0.464 e. The first kappa shape index (κ1) is 29.5. The Morgan fingerprint density at radius 2 is 1.50 bits per heavy atom. The second-order valence-corrected chi connectivity index (χ2v) is 15.6. The molecule has 0 spiro atoms. The van der Waals surface area contributed by atoms with E-state index < -0.39 is 11.4 Å². The van der Waals surface area contributed by atoms with Crippen LogP contribution in [0.2, 0.25) is 0 Å². The first-order valence-corrected chi connectivity index (χ1v) is 15.6. The molecule has 0 saturated heterocycles. The van der Waals surface area contributed by atoms with Gasteiger partial charge in [-0.3, -0.25) is 19.2 Å². The molecule has 0 aliphatic heterocycles. The average molecular weight is 555 g/mol. The summed E-state index contributed by atoms with van der Waals surface area (Å²) in [4.78, 5) is 51.1. The van der Waals surface area contributed by atoms with Crippen molar-refractivity contribution in [3.05, 3.63) is 11.1 Å². The highest BCUT2D eigenvalue weighted by Crippen LogP contribution is 2.76. The number of hydrogen-bond acceptors (Lipinski definition) is 6. The number of ether oxygens (including phenoxy) is 2. The smallest absolute Gasteiger partial charge is 0.302 e. The molecule has 0 heterocycles. The Labute approximate surface area is 240 Å². The minimum absolute atomic E-state index is 0.0172. The number of rotatable bonds is 4. The van der Waals surface area contributed by atoms with Crippen molar-refractivity contribution < 1.29 is 28.7 Å². The summed E-state index contributed by atoms with van der Waals surface area (Å²) in [5.74, 6) is -0.269. The minimum atomic E-state index is -0.999. The monoisotopic (exact) mass is 554 g/mol. The summed E-state index contributed by atoms with van der Waals surface area (Å²) < 4.78 is 11.4. The van der Waals surface area contributed by atoms with Crippen molar-refractivity contribution in [1.82, 2.24) is 0 Å². The van der Waals surface area contributed by atoms with Crippen LogP contribution in [-0.4, -0.2) is 36.2 Å². The molecule has 5 rings (SSSR count). The van der Waals surface area contributed by atoms with Gasteiger partial charge in [0.05, 0.1) is 5.41 Å². The number of allylic oxidation sites excluding steroid dienone is 1. The molecule has 6 heteroatoms. The standard InChI is InChI=1S/C34H50O6/c1-19(2)26-27-22-10-11-24-31(7)14-13-25(40-21(4)36)30(5,6)23(31)12-15-33(24,9)32(22,8)16-17-34(27,18-39-20(3)35)29(38)28(26)37/h19,22-25H,10-18H2,1-9H3/t22?,23?,24?,25-,31-,32+,33+,34-/m0/s1. The van der Waals surface area contributed by atoms with Crippen LogP contribution in [0.3, 0.4) is 0 Å². The normalized spacial score (nSPS) is 44.0. The minimum Gasteiger partial charge on any atom is -0.464 e. The SMILES string of the molecule is CC(=O)OC[C@@]12CC[C@]3(C)C(CCC4[C@@]5(C)CC[C@H](OC(C)=O)C(C)(C)C5CC[C@]43C)C1=C(C(C)C)C(=O)C2=O. The van der Waals surface area contributed by atoms with Gasteiger partial charge in [0, 0.05) is 24.8 Å². The van der Waals surface area contributed by atoms with Gasteiger partial charge in [-0.05, 0) is 96.9 Å². The zero-order valence-corrected chi connectivity index (χ0v) is 26.2. The molecule has 5 aliphatic carbocycles. The van der Waals surface area contributed by atoms with E-state index in [4.69, 9.17) is 9.47 Å². The molecular weight excluding hydrogens is 504 g/mol. The summed E-state index contributed by atoms with van der Waals surface area (Å²) in [7, 11) is 0. The molecule has 8 atom stereocenters. The Morgan fingerprint density at radius 1 is 0.825 bits per heavy atom. The number of Topliss-reactive ketones (excluding diaryl/α,β-unsaturated/α-hetero) is 2. The highest BCUT2D eigenvalue weighted by molar-refractivity contribution is 6.49. The number of carbonyl (C=O) groups excluding carboxylic acids is 4.